The third-order valence-electron chi connectivity index (χ3n) is 5.99. The second kappa shape index (κ2) is 10.5. The molecule has 0 fully saturated rings. The van der Waals surface area contributed by atoms with Crippen molar-refractivity contribution in [3.8, 4) is 0 Å². The normalized spacial score (nSPS) is 24.2. The van der Waals surface area contributed by atoms with Crippen molar-refractivity contribution in [1.29, 1.82) is 0 Å². The zero-order valence-electron chi connectivity index (χ0n) is 20.0. The number of carbonyl (C=O) groups is 3. The summed E-state index contributed by atoms with van der Waals surface area (Å²) in [6.07, 6.45) is 2.53. The number of fused-ring (bicyclic) bond motifs is 2. The smallest absolute Gasteiger partial charge is 0.338 e. The molecule has 0 saturated heterocycles. The maximum absolute atomic E-state index is 12.7. The van der Waals surface area contributed by atoms with E-state index in [-0.39, 0.29) is 23.1 Å². The van der Waals surface area contributed by atoms with Gasteiger partial charge in [0.05, 0.1) is 43.7 Å². The van der Waals surface area contributed by atoms with Crippen LogP contribution in [0.4, 0.5) is 0 Å². The van der Waals surface area contributed by atoms with Gasteiger partial charge in [0.2, 0.25) is 0 Å². The summed E-state index contributed by atoms with van der Waals surface area (Å²) in [4.78, 5) is 37.2. The van der Waals surface area contributed by atoms with Crippen molar-refractivity contribution in [2.75, 3.05) is 28.4 Å². The molecule has 34 heavy (non-hydrogen) atoms. The molecule has 4 atom stereocenters. The lowest BCUT2D eigenvalue weighted by Gasteiger charge is -2.40. The van der Waals surface area contributed by atoms with Crippen molar-refractivity contribution in [1.82, 2.24) is 0 Å². The van der Waals surface area contributed by atoms with Gasteiger partial charge < -0.3 is 39.6 Å². The molecule has 0 aromatic rings. The number of carbonyl (C=O) groups excluding carboxylic acids is 3. The molecule has 2 aliphatic heterocycles. The molecule has 2 bridgehead atoms. The van der Waals surface area contributed by atoms with Crippen LogP contribution < -0.4 is 5.73 Å². The standard InChI is InChI=1S/C23H31NO10/c1-22(2,10-7-8-12(25)14(18(26)30-3)17(24)21(29)33-6)23-11-9-13(34-23)15(19(27)31-4)16(23)20(28)32-5/h7-9,11-13,21,25,29H,10,24H2,1-6H3/b8-7-,17-14+/t12-,13+,21?,23-/m1/s1. The Morgan fingerprint density at radius 2 is 1.76 bits per heavy atom. The largest absolute Gasteiger partial charge is 0.466 e. The fourth-order valence-electron chi connectivity index (χ4n) is 4.08. The van der Waals surface area contributed by atoms with Crippen molar-refractivity contribution < 1.29 is 48.3 Å². The van der Waals surface area contributed by atoms with Gasteiger partial charge in [-0.25, -0.2) is 14.4 Å². The van der Waals surface area contributed by atoms with Crippen LogP contribution in [0.5, 0.6) is 0 Å². The Labute approximate surface area is 197 Å². The molecule has 0 aromatic carbocycles. The first-order valence-corrected chi connectivity index (χ1v) is 10.3. The van der Waals surface area contributed by atoms with Crippen LogP contribution in [0.1, 0.15) is 20.3 Å². The van der Waals surface area contributed by atoms with Crippen LogP contribution in [0.2, 0.25) is 0 Å². The highest BCUT2D eigenvalue weighted by atomic mass is 16.6. The number of hydrogen-bond donors (Lipinski definition) is 3. The predicted molar refractivity (Wildman–Crippen MR) is 118 cm³/mol. The maximum Gasteiger partial charge on any atom is 0.338 e. The van der Waals surface area contributed by atoms with E-state index in [4.69, 9.17) is 24.7 Å². The molecule has 0 radical (unpaired) electrons. The van der Waals surface area contributed by atoms with E-state index < -0.39 is 53.1 Å². The van der Waals surface area contributed by atoms with Crippen LogP contribution in [-0.4, -0.2) is 80.7 Å². The number of esters is 3. The summed E-state index contributed by atoms with van der Waals surface area (Å²) in [6, 6.07) is 0. The zero-order valence-corrected chi connectivity index (χ0v) is 20.0. The molecule has 0 spiro atoms. The SMILES string of the molecule is COC(=O)C1=C(C(=O)OC)[C@@]2(C(C)(C)C/C=C\[C@@H](O)/C(C(=O)OC)=C(\N)C(O)OC)C=C[C@@H]1O2. The highest BCUT2D eigenvalue weighted by Gasteiger charge is 2.60. The molecule has 0 amide bonds. The molecular formula is C23H31NO10. The minimum Gasteiger partial charge on any atom is -0.466 e. The Bertz CT molecular complexity index is 961. The summed E-state index contributed by atoms with van der Waals surface area (Å²) in [6.45, 7) is 3.61. The van der Waals surface area contributed by atoms with E-state index in [9.17, 15) is 24.6 Å². The average molecular weight is 481 g/mol. The molecular weight excluding hydrogens is 450 g/mol. The summed E-state index contributed by atoms with van der Waals surface area (Å²) in [7, 11) is 4.69. The summed E-state index contributed by atoms with van der Waals surface area (Å²) in [5.74, 6) is -2.36. The van der Waals surface area contributed by atoms with Crippen LogP contribution in [0.3, 0.4) is 0 Å². The molecule has 188 valence electrons. The second-order valence-electron chi connectivity index (χ2n) is 8.31. The van der Waals surface area contributed by atoms with Crippen molar-refractivity contribution >= 4 is 17.9 Å². The van der Waals surface area contributed by atoms with Crippen LogP contribution >= 0.6 is 0 Å². The minimum absolute atomic E-state index is 0.0518. The second-order valence-corrected chi connectivity index (χ2v) is 8.31. The minimum atomic E-state index is -1.62. The number of aliphatic hydroxyl groups is 2. The summed E-state index contributed by atoms with van der Waals surface area (Å²) in [5, 5.41) is 20.4. The third kappa shape index (κ3) is 4.64. The van der Waals surface area contributed by atoms with Gasteiger partial charge in [0.15, 0.2) is 6.29 Å². The Kier molecular flexibility index (Phi) is 8.43. The number of hydrogen-bond acceptors (Lipinski definition) is 11. The Hall–Kier alpha value is -2.99. The van der Waals surface area contributed by atoms with Gasteiger partial charge in [-0.15, -0.1) is 0 Å². The maximum atomic E-state index is 12.7. The van der Waals surface area contributed by atoms with Gasteiger partial charge in [-0.1, -0.05) is 32.1 Å². The van der Waals surface area contributed by atoms with Gasteiger partial charge in [0.1, 0.15) is 17.8 Å². The fraction of sp³-hybridized carbons (Fsp3) is 0.522. The van der Waals surface area contributed by atoms with E-state index in [0.29, 0.717) is 0 Å². The van der Waals surface area contributed by atoms with Crippen LogP contribution in [-0.2, 0) is 38.1 Å². The monoisotopic (exact) mass is 481 g/mol. The van der Waals surface area contributed by atoms with Gasteiger partial charge in [-0.2, -0.15) is 0 Å². The summed E-state index contributed by atoms with van der Waals surface area (Å²) < 4.78 is 25.2. The summed E-state index contributed by atoms with van der Waals surface area (Å²) in [5.41, 5.74) is 2.97. The Morgan fingerprint density at radius 3 is 2.29 bits per heavy atom. The van der Waals surface area contributed by atoms with Crippen LogP contribution in [0.25, 0.3) is 0 Å². The number of ether oxygens (including phenoxy) is 5. The average Bonchev–Trinajstić information content (AvgIpc) is 3.41. The molecule has 2 aliphatic rings. The molecule has 11 nitrogen and oxygen atoms in total. The Balaban J connectivity index is 2.39. The van der Waals surface area contributed by atoms with Crippen molar-refractivity contribution in [2.45, 2.75) is 44.4 Å². The van der Waals surface area contributed by atoms with Gasteiger partial charge in [-0.3, -0.25) is 0 Å². The van der Waals surface area contributed by atoms with Crippen molar-refractivity contribution in [3.63, 3.8) is 0 Å². The quantitative estimate of drug-likeness (QED) is 0.127. The third-order valence-corrected chi connectivity index (χ3v) is 5.99. The molecule has 0 aromatic heterocycles. The molecule has 0 aliphatic carbocycles. The topological polar surface area (TPSA) is 164 Å². The zero-order chi connectivity index (χ0) is 25.8. The number of allylic oxidation sites excluding steroid dienone is 1. The first-order valence-electron chi connectivity index (χ1n) is 10.3. The first-order chi connectivity index (χ1) is 15.9. The van der Waals surface area contributed by atoms with E-state index in [1.54, 1.807) is 32.1 Å². The van der Waals surface area contributed by atoms with E-state index in [2.05, 4.69) is 4.74 Å². The van der Waals surface area contributed by atoms with Gasteiger partial charge >= 0.3 is 17.9 Å². The lowest BCUT2D eigenvalue weighted by Crippen LogP contribution is -2.46. The highest BCUT2D eigenvalue weighted by Crippen LogP contribution is 2.54. The van der Waals surface area contributed by atoms with Gasteiger partial charge in [0, 0.05) is 12.5 Å². The van der Waals surface area contributed by atoms with E-state index >= 15 is 0 Å². The van der Waals surface area contributed by atoms with Gasteiger partial charge in [0.25, 0.3) is 0 Å². The Morgan fingerprint density at radius 1 is 1.15 bits per heavy atom. The molecule has 1 unspecified atom stereocenters. The van der Waals surface area contributed by atoms with E-state index in [1.807, 2.05) is 0 Å². The molecule has 0 saturated carbocycles. The summed E-state index contributed by atoms with van der Waals surface area (Å²) >= 11 is 0. The number of methoxy groups -OCH3 is 4. The lowest BCUT2D eigenvalue weighted by molar-refractivity contribution is -0.140. The van der Waals surface area contributed by atoms with Gasteiger partial charge in [-0.05, 0) is 12.5 Å². The number of rotatable bonds is 10. The van der Waals surface area contributed by atoms with E-state index in [0.717, 1.165) is 7.11 Å². The first kappa shape index (κ1) is 27.3. The molecule has 2 rings (SSSR count). The lowest BCUT2D eigenvalue weighted by atomic mass is 9.67. The molecule has 2 heterocycles. The fourth-order valence-corrected chi connectivity index (χ4v) is 4.08. The highest BCUT2D eigenvalue weighted by molar-refractivity contribution is 6.05. The van der Waals surface area contributed by atoms with Crippen molar-refractivity contribution in [3.05, 3.63) is 46.7 Å². The number of nitrogens with two attached hydrogens (primary N) is 1. The predicted octanol–water partition coefficient (Wildman–Crippen LogP) is 0.0204. The van der Waals surface area contributed by atoms with Crippen molar-refractivity contribution in [2.24, 2.45) is 11.1 Å². The number of aliphatic hydroxyl groups excluding tert-OH is 2. The molecule has 4 N–H and O–H groups in total. The van der Waals surface area contributed by atoms with Crippen LogP contribution in [0, 0.1) is 5.41 Å². The van der Waals surface area contributed by atoms with E-state index in [1.165, 1.54) is 27.4 Å². The molecule has 11 heteroatoms. The van der Waals surface area contributed by atoms with Crippen LogP contribution in [0.15, 0.2) is 46.7 Å².